The Morgan fingerprint density at radius 3 is 2.34 bits per heavy atom. The van der Waals surface area contributed by atoms with Crippen LogP contribution in [0.25, 0.3) is 11.3 Å². The van der Waals surface area contributed by atoms with E-state index < -0.39 is 5.91 Å². The average Bonchev–Trinajstić information content (AvgIpc) is 2.83. The number of carbonyl (C=O) groups excluding carboxylic acids is 1. The lowest BCUT2D eigenvalue weighted by Gasteiger charge is -2.34. The topological polar surface area (TPSA) is 117 Å². The van der Waals surface area contributed by atoms with Gasteiger partial charge < -0.3 is 30.7 Å². The molecule has 2 heterocycles. The summed E-state index contributed by atoms with van der Waals surface area (Å²) < 4.78 is 5.54. The van der Waals surface area contributed by atoms with Crippen molar-refractivity contribution in [2.45, 2.75) is 0 Å². The number of nitrogens with two attached hydrogens (primary N) is 1. The lowest BCUT2D eigenvalue weighted by Crippen LogP contribution is -2.44. The van der Waals surface area contributed by atoms with Gasteiger partial charge >= 0.3 is 0 Å². The molecular weight excluding hydrogens is 491 g/mol. The molecule has 9 nitrogen and oxygen atoms in total. The molecule has 0 radical (unpaired) electrons. The van der Waals surface area contributed by atoms with Crippen LogP contribution < -0.4 is 20.7 Å². The summed E-state index contributed by atoms with van der Waals surface area (Å²) in [6.07, 6.45) is 0. The Labute approximate surface area is 213 Å². The van der Waals surface area contributed by atoms with E-state index >= 15 is 0 Å². The van der Waals surface area contributed by atoms with Gasteiger partial charge in [-0.2, -0.15) is 4.98 Å². The molecule has 1 amide bonds. The van der Waals surface area contributed by atoms with E-state index in [2.05, 4.69) is 32.1 Å². The highest BCUT2D eigenvalue weighted by molar-refractivity contribution is 6.39. The van der Waals surface area contributed by atoms with Crippen LogP contribution in [-0.4, -0.2) is 72.3 Å². The molecule has 1 fully saturated rings. The van der Waals surface area contributed by atoms with Crippen molar-refractivity contribution in [1.82, 2.24) is 14.9 Å². The van der Waals surface area contributed by atoms with Crippen LogP contribution >= 0.6 is 23.2 Å². The third-order valence-electron chi connectivity index (χ3n) is 5.64. The van der Waals surface area contributed by atoms with E-state index in [-0.39, 0.29) is 46.3 Å². The molecule has 4 rings (SSSR count). The number of nitrogens with zero attached hydrogens (tertiary/aromatic N) is 4. The van der Waals surface area contributed by atoms with Crippen molar-refractivity contribution in [3.05, 3.63) is 58.1 Å². The van der Waals surface area contributed by atoms with Crippen molar-refractivity contribution in [3.63, 3.8) is 0 Å². The predicted molar refractivity (Wildman–Crippen MR) is 138 cm³/mol. The number of hydrogen-bond donors (Lipinski definition) is 3. The van der Waals surface area contributed by atoms with Crippen molar-refractivity contribution in [2.24, 2.45) is 5.73 Å². The van der Waals surface area contributed by atoms with Gasteiger partial charge in [-0.05, 0) is 43.4 Å². The van der Waals surface area contributed by atoms with Gasteiger partial charge in [0.25, 0.3) is 5.91 Å². The molecule has 1 aliphatic heterocycles. The lowest BCUT2D eigenvalue weighted by molar-refractivity contribution is 0.0993. The monoisotopic (exact) mass is 516 g/mol. The Kier molecular flexibility index (Phi) is 7.92. The molecule has 0 spiro atoms. The summed E-state index contributed by atoms with van der Waals surface area (Å²) in [5.41, 5.74) is 7.89. The highest BCUT2D eigenvalue weighted by Gasteiger charge is 2.25. The number of aliphatic hydroxyl groups is 1. The van der Waals surface area contributed by atoms with Crippen molar-refractivity contribution in [3.8, 4) is 17.1 Å². The number of hydrogen-bond acceptors (Lipinski definition) is 8. The van der Waals surface area contributed by atoms with E-state index in [1.807, 2.05) is 24.3 Å². The quantitative estimate of drug-likeness (QED) is 0.416. The highest BCUT2D eigenvalue weighted by atomic mass is 35.5. The van der Waals surface area contributed by atoms with Crippen molar-refractivity contribution < 1.29 is 14.6 Å². The summed E-state index contributed by atoms with van der Waals surface area (Å²) in [7, 11) is 2.12. The van der Waals surface area contributed by atoms with Crippen LogP contribution in [0.4, 0.5) is 17.3 Å². The van der Waals surface area contributed by atoms with E-state index in [4.69, 9.17) is 33.7 Å². The van der Waals surface area contributed by atoms with E-state index in [1.54, 1.807) is 18.2 Å². The second-order valence-corrected chi connectivity index (χ2v) is 8.89. The number of halogens is 2. The number of nitrogens with one attached hydrogen (secondary N) is 1. The molecule has 1 aliphatic rings. The van der Waals surface area contributed by atoms with Crippen LogP contribution in [0.2, 0.25) is 10.0 Å². The zero-order valence-corrected chi connectivity index (χ0v) is 20.7. The minimum Gasteiger partial charge on any atom is -0.475 e. The third kappa shape index (κ3) is 5.76. The van der Waals surface area contributed by atoms with E-state index in [0.717, 1.165) is 37.6 Å². The first kappa shape index (κ1) is 25.0. The number of benzene rings is 2. The van der Waals surface area contributed by atoms with Gasteiger partial charge in [0.15, 0.2) is 0 Å². The van der Waals surface area contributed by atoms with Crippen LogP contribution in [-0.2, 0) is 0 Å². The molecule has 1 aromatic heterocycles. The number of amides is 1. The third-order valence-corrected chi connectivity index (χ3v) is 6.27. The predicted octanol–water partition coefficient (Wildman–Crippen LogP) is 3.42. The number of aliphatic hydroxyl groups excluding tert-OH is 1. The molecule has 184 valence electrons. The highest BCUT2D eigenvalue weighted by Crippen LogP contribution is 2.38. The zero-order valence-electron chi connectivity index (χ0n) is 19.2. The van der Waals surface area contributed by atoms with Crippen molar-refractivity contribution in [1.29, 1.82) is 0 Å². The molecule has 0 aliphatic carbocycles. The minimum atomic E-state index is -0.813. The number of aromatic nitrogens is 2. The number of rotatable bonds is 8. The van der Waals surface area contributed by atoms with Gasteiger partial charge in [0.05, 0.1) is 22.3 Å². The summed E-state index contributed by atoms with van der Waals surface area (Å²) in [4.78, 5) is 25.9. The largest absolute Gasteiger partial charge is 0.475 e. The molecule has 0 saturated carbocycles. The Hall–Kier alpha value is -3.11. The van der Waals surface area contributed by atoms with Gasteiger partial charge in [0.1, 0.15) is 12.2 Å². The van der Waals surface area contributed by atoms with Gasteiger partial charge in [-0.25, -0.2) is 4.98 Å². The van der Waals surface area contributed by atoms with Crippen LogP contribution in [0.5, 0.6) is 5.88 Å². The second-order valence-electron chi connectivity index (χ2n) is 8.07. The van der Waals surface area contributed by atoms with Gasteiger partial charge in [-0.3, -0.25) is 4.79 Å². The first-order valence-corrected chi connectivity index (χ1v) is 11.8. The van der Waals surface area contributed by atoms with Gasteiger partial charge in [0, 0.05) is 43.1 Å². The maximum atomic E-state index is 12.4. The standard InChI is InChI=1S/C24H26Cl2N6O3/c1-31-9-11-32(12-10-31)16-7-5-15(6-8-16)28-24-29-21(19-17(25)3-2-4-18(19)26)20(22(27)34)23(30-24)35-14-13-33/h2-8,33H,9-14H2,1H3,(H2,27,34)(H,28,29,30). The van der Waals surface area contributed by atoms with Gasteiger partial charge in [-0.15, -0.1) is 0 Å². The summed E-state index contributed by atoms with van der Waals surface area (Å²) in [5, 5.41) is 13.0. The Bertz CT molecular complexity index is 1180. The van der Waals surface area contributed by atoms with Crippen LogP contribution in [0.1, 0.15) is 10.4 Å². The molecule has 0 unspecified atom stereocenters. The summed E-state index contributed by atoms with van der Waals surface area (Å²) in [6, 6.07) is 12.9. The fourth-order valence-corrected chi connectivity index (χ4v) is 4.40. The molecule has 11 heteroatoms. The molecule has 35 heavy (non-hydrogen) atoms. The molecule has 2 aromatic carbocycles. The Morgan fingerprint density at radius 2 is 1.74 bits per heavy atom. The number of likely N-dealkylation sites (N-methyl/N-ethyl adjacent to an activating group) is 1. The Balaban J connectivity index is 1.70. The van der Waals surface area contributed by atoms with E-state index in [1.165, 1.54) is 0 Å². The Morgan fingerprint density at radius 1 is 1.09 bits per heavy atom. The van der Waals surface area contributed by atoms with E-state index in [9.17, 15) is 9.90 Å². The summed E-state index contributed by atoms with van der Waals surface area (Å²) in [6.45, 7) is 3.60. The van der Waals surface area contributed by atoms with E-state index in [0.29, 0.717) is 5.56 Å². The van der Waals surface area contributed by atoms with Crippen LogP contribution in [0.15, 0.2) is 42.5 Å². The number of carbonyl (C=O) groups is 1. The summed E-state index contributed by atoms with van der Waals surface area (Å²) in [5.74, 6) is -0.739. The first-order chi connectivity index (χ1) is 16.9. The average molecular weight is 517 g/mol. The second kappa shape index (κ2) is 11.1. The molecule has 0 bridgehead atoms. The van der Waals surface area contributed by atoms with Crippen molar-refractivity contribution in [2.75, 3.05) is 56.7 Å². The lowest BCUT2D eigenvalue weighted by atomic mass is 10.1. The summed E-state index contributed by atoms with van der Waals surface area (Å²) >= 11 is 12.8. The number of primary amides is 1. The molecule has 0 atom stereocenters. The van der Waals surface area contributed by atoms with Crippen molar-refractivity contribution >= 4 is 46.4 Å². The first-order valence-electron chi connectivity index (χ1n) is 11.1. The smallest absolute Gasteiger partial charge is 0.256 e. The normalized spacial score (nSPS) is 14.1. The molecular formula is C24H26Cl2N6O3. The number of anilines is 3. The van der Waals surface area contributed by atoms with Gasteiger partial charge in [0.2, 0.25) is 11.8 Å². The SMILES string of the molecule is CN1CCN(c2ccc(Nc3nc(OCCO)c(C(N)=O)c(-c4c(Cl)cccc4Cl)n3)cc2)CC1. The maximum absolute atomic E-state index is 12.4. The number of piperazine rings is 1. The molecule has 3 aromatic rings. The van der Waals surface area contributed by atoms with Crippen LogP contribution in [0.3, 0.4) is 0 Å². The molecule has 4 N–H and O–H groups in total. The van der Waals surface area contributed by atoms with Crippen LogP contribution in [0, 0.1) is 0 Å². The van der Waals surface area contributed by atoms with Gasteiger partial charge in [-0.1, -0.05) is 29.3 Å². The molecule has 1 saturated heterocycles. The maximum Gasteiger partial charge on any atom is 0.256 e. The fraction of sp³-hybridized carbons (Fsp3) is 0.292. The fourth-order valence-electron chi connectivity index (χ4n) is 3.82. The number of ether oxygens (including phenoxy) is 1. The zero-order chi connectivity index (χ0) is 24.9. The minimum absolute atomic E-state index is 0.0792.